The number of nitrogens with one attached hydrogen (secondary N) is 1. The van der Waals surface area contributed by atoms with Crippen molar-refractivity contribution in [1.82, 2.24) is 19.6 Å². The van der Waals surface area contributed by atoms with E-state index in [1.165, 1.54) is 10.5 Å². The first-order valence-corrected chi connectivity index (χ1v) is 11.3. The molecule has 3 aromatic rings. The molecule has 7 nitrogen and oxygen atoms in total. The van der Waals surface area contributed by atoms with Gasteiger partial charge in [-0.2, -0.15) is 4.31 Å². The summed E-state index contributed by atoms with van der Waals surface area (Å²) in [7, 11) is -3.55. The Morgan fingerprint density at radius 2 is 1.96 bits per heavy atom. The van der Waals surface area contributed by atoms with Crippen molar-refractivity contribution in [2.75, 3.05) is 13.1 Å². The van der Waals surface area contributed by atoms with Gasteiger partial charge in [0.2, 0.25) is 15.9 Å². The van der Waals surface area contributed by atoms with Gasteiger partial charge in [-0.15, -0.1) is 11.3 Å². The smallest absolute Gasteiger partial charge is 0.244 e. The first-order valence-electron chi connectivity index (χ1n) is 9.06. The summed E-state index contributed by atoms with van der Waals surface area (Å²) >= 11 is 1.57. The molecule has 1 fully saturated rings. The highest BCUT2D eigenvalue weighted by Crippen LogP contribution is 2.24. The van der Waals surface area contributed by atoms with E-state index in [1.807, 2.05) is 24.3 Å². The second kappa shape index (κ2) is 7.94. The molecular formula is C19H20N4O3S2. The number of thiazole rings is 1. The summed E-state index contributed by atoms with van der Waals surface area (Å²) in [6.45, 7) is 1.05. The molecule has 0 spiro atoms. The Morgan fingerprint density at radius 1 is 1.18 bits per heavy atom. The number of sulfonamides is 1. The van der Waals surface area contributed by atoms with Gasteiger partial charge >= 0.3 is 0 Å². The fraction of sp³-hybridized carbons (Fsp3) is 0.316. The van der Waals surface area contributed by atoms with Crippen LogP contribution in [0.25, 0.3) is 10.2 Å². The number of para-hydroxylation sites is 1. The third kappa shape index (κ3) is 3.91. The summed E-state index contributed by atoms with van der Waals surface area (Å²) < 4.78 is 27.8. The molecule has 4 rings (SSSR count). The number of piperidine rings is 1. The zero-order valence-corrected chi connectivity index (χ0v) is 16.7. The lowest BCUT2D eigenvalue weighted by Crippen LogP contribution is -2.42. The summed E-state index contributed by atoms with van der Waals surface area (Å²) in [5, 5.41) is 3.81. The highest BCUT2D eigenvalue weighted by atomic mass is 32.2. The molecule has 28 heavy (non-hydrogen) atoms. The van der Waals surface area contributed by atoms with Gasteiger partial charge < -0.3 is 5.32 Å². The van der Waals surface area contributed by atoms with Gasteiger partial charge in [0.25, 0.3) is 0 Å². The van der Waals surface area contributed by atoms with Crippen molar-refractivity contribution < 1.29 is 13.2 Å². The van der Waals surface area contributed by atoms with Crippen molar-refractivity contribution in [3.05, 3.63) is 53.8 Å². The first-order chi connectivity index (χ1) is 13.5. The molecule has 1 N–H and O–H groups in total. The second-order valence-corrected chi connectivity index (χ2v) is 9.71. The molecule has 1 aliphatic heterocycles. The van der Waals surface area contributed by atoms with Crippen molar-refractivity contribution in [3.8, 4) is 0 Å². The number of nitrogens with zero attached hydrogens (tertiary/aromatic N) is 3. The van der Waals surface area contributed by atoms with Gasteiger partial charge in [0.05, 0.1) is 16.8 Å². The maximum absolute atomic E-state index is 12.6. The number of amides is 1. The highest BCUT2D eigenvalue weighted by Gasteiger charge is 2.32. The molecule has 0 unspecified atom stereocenters. The van der Waals surface area contributed by atoms with Crippen LogP contribution in [0.15, 0.2) is 53.7 Å². The monoisotopic (exact) mass is 416 g/mol. The van der Waals surface area contributed by atoms with Crippen LogP contribution in [-0.4, -0.2) is 41.7 Å². The minimum absolute atomic E-state index is 0.0438. The standard InChI is InChI=1S/C19H20N4O3S2/c24-19(21-13-18-22-16-5-1-2-6-17(16)27-18)14-7-10-23(11-8-14)28(25,26)15-4-3-9-20-12-15/h1-6,9,12,14H,7-8,10-11,13H2,(H,21,24). The molecule has 3 heterocycles. The summed E-state index contributed by atoms with van der Waals surface area (Å²) in [6.07, 6.45) is 3.91. The van der Waals surface area contributed by atoms with Crippen molar-refractivity contribution in [1.29, 1.82) is 0 Å². The van der Waals surface area contributed by atoms with Gasteiger partial charge in [0, 0.05) is 31.4 Å². The summed E-state index contributed by atoms with van der Waals surface area (Å²) in [6, 6.07) is 11.0. The molecule has 1 amide bonds. The van der Waals surface area contributed by atoms with Crippen LogP contribution < -0.4 is 5.32 Å². The lowest BCUT2D eigenvalue weighted by molar-refractivity contribution is -0.126. The summed E-state index contributed by atoms with van der Waals surface area (Å²) in [5.41, 5.74) is 0.936. The topological polar surface area (TPSA) is 92.3 Å². The van der Waals surface area contributed by atoms with E-state index in [4.69, 9.17) is 0 Å². The van der Waals surface area contributed by atoms with Gasteiger partial charge in [0.1, 0.15) is 9.90 Å². The molecule has 1 aromatic carbocycles. The van der Waals surface area contributed by atoms with E-state index in [2.05, 4.69) is 15.3 Å². The fourth-order valence-corrected chi connectivity index (χ4v) is 5.65. The second-order valence-electron chi connectivity index (χ2n) is 6.66. The normalized spacial score (nSPS) is 16.3. The first kappa shape index (κ1) is 19.0. The maximum Gasteiger partial charge on any atom is 0.244 e. The minimum atomic E-state index is -3.55. The minimum Gasteiger partial charge on any atom is -0.349 e. The fourth-order valence-electron chi connectivity index (χ4n) is 3.31. The largest absolute Gasteiger partial charge is 0.349 e. The van der Waals surface area contributed by atoms with E-state index in [-0.39, 0.29) is 16.7 Å². The average molecular weight is 417 g/mol. The van der Waals surface area contributed by atoms with Crippen LogP contribution in [0.5, 0.6) is 0 Å². The highest BCUT2D eigenvalue weighted by molar-refractivity contribution is 7.89. The Labute approximate surface area is 167 Å². The predicted octanol–water partition coefficient (Wildman–Crippen LogP) is 2.41. The SMILES string of the molecule is O=C(NCc1nc2ccccc2s1)C1CCN(S(=O)(=O)c2cccnc2)CC1. The molecule has 0 aliphatic carbocycles. The van der Waals surface area contributed by atoms with Gasteiger partial charge in [-0.3, -0.25) is 9.78 Å². The van der Waals surface area contributed by atoms with E-state index in [0.29, 0.717) is 32.5 Å². The Hall–Kier alpha value is -2.36. The van der Waals surface area contributed by atoms with Gasteiger partial charge in [0.15, 0.2) is 0 Å². The number of hydrogen-bond acceptors (Lipinski definition) is 6. The zero-order chi connectivity index (χ0) is 19.6. The Kier molecular flexibility index (Phi) is 5.38. The number of carbonyl (C=O) groups excluding carboxylic acids is 1. The van der Waals surface area contributed by atoms with Crippen LogP contribution in [0.1, 0.15) is 17.8 Å². The van der Waals surface area contributed by atoms with Gasteiger partial charge in [-0.05, 0) is 37.1 Å². The third-order valence-electron chi connectivity index (χ3n) is 4.85. The van der Waals surface area contributed by atoms with Crippen LogP contribution in [0.2, 0.25) is 0 Å². The Balaban J connectivity index is 1.32. The lowest BCUT2D eigenvalue weighted by atomic mass is 9.97. The van der Waals surface area contributed by atoms with Gasteiger partial charge in [-0.25, -0.2) is 13.4 Å². The van der Waals surface area contributed by atoms with E-state index in [1.54, 1.807) is 29.7 Å². The lowest BCUT2D eigenvalue weighted by Gasteiger charge is -2.30. The van der Waals surface area contributed by atoms with Crippen LogP contribution in [-0.2, 0) is 21.4 Å². The zero-order valence-electron chi connectivity index (χ0n) is 15.1. The van der Waals surface area contributed by atoms with Crippen LogP contribution in [0.4, 0.5) is 0 Å². The number of benzene rings is 1. The number of aromatic nitrogens is 2. The Morgan fingerprint density at radius 3 is 2.68 bits per heavy atom. The van der Waals surface area contributed by atoms with Gasteiger partial charge in [-0.1, -0.05) is 12.1 Å². The molecule has 1 saturated heterocycles. The molecule has 9 heteroatoms. The maximum atomic E-state index is 12.6. The van der Waals surface area contributed by atoms with Crippen molar-refractivity contribution >= 4 is 37.5 Å². The molecule has 2 aromatic heterocycles. The Bertz CT molecular complexity index is 1040. The molecule has 0 atom stereocenters. The average Bonchev–Trinajstić information content (AvgIpc) is 3.16. The van der Waals surface area contributed by atoms with E-state index >= 15 is 0 Å². The number of hydrogen-bond donors (Lipinski definition) is 1. The molecule has 1 aliphatic rings. The van der Waals surface area contributed by atoms with Crippen molar-refractivity contribution in [2.45, 2.75) is 24.3 Å². The third-order valence-corrected chi connectivity index (χ3v) is 7.77. The van der Waals surface area contributed by atoms with E-state index in [9.17, 15) is 13.2 Å². The number of pyridine rings is 1. The predicted molar refractivity (Wildman–Crippen MR) is 107 cm³/mol. The molecular weight excluding hydrogens is 396 g/mol. The number of fused-ring (bicyclic) bond motifs is 1. The molecule has 0 saturated carbocycles. The quantitative estimate of drug-likeness (QED) is 0.690. The molecule has 0 radical (unpaired) electrons. The van der Waals surface area contributed by atoms with Crippen LogP contribution in [0.3, 0.4) is 0 Å². The summed E-state index contributed by atoms with van der Waals surface area (Å²) in [4.78, 5) is 21.1. The molecule has 146 valence electrons. The number of carbonyl (C=O) groups is 1. The summed E-state index contributed by atoms with van der Waals surface area (Å²) in [5.74, 6) is -0.229. The number of rotatable bonds is 5. The molecule has 0 bridgehead atoms. The van der Waals surface area contributed by atoms with Crippen LogP contribution >= 0.6 is 11.3 Å². The van der Waals surface area contributed by atoms with E-state index in [0.717, 1.165) is 15.2 Å². The van der Waals surface area contributed by atoms with Crippen molar-refractivity contribution in [2.24, 2.45) is 5.92 Å². The van der Waals surface area contributed by atoms with Crippen molar-refractivity contribution in [3.63, 3.8) is 0 Å². The van der Waals surface area contributed by atoms with E-state index < -0.39 is 10.0 Å². The van der Waals surface area contributed by atoms with Crippen LogP contribution in [0, 0.1) is 5.92 Å².